The van der Waals surface area contributed by atoms with Crippen molar-refractivity contribution in [3.63, 3.8) is 0 Å². The van der Waals surface area contributed by atoms with Crippen LogP contribution in [0.25, 0.3) is 0 Å². The average molecular weight is 382 g/mol. The van der Waals surface area contributed by atoms with E-state index in [9.17, 15) is 14.9 Å². The van der Waals surface area contributed by atoms with Crippen molar-refractivity contribution in [2.75, 3.05) is 5.33 Å². The molecule has 0 aromatic carbocycles. The number of rotatable bonds is 6. The normalized spacial score (nSPS) is 12.4. The van der Waals surface area contributed by atoms with Crippen LogP contribution in [0.4, 0.5) is 5.69 Å². The Morgan fingerprint density at radius 1 is 1.50 bits per heavy atom. The van der Waals surface area contributed by atoms with E-state index in [1.807, 2.05) is 0 Å². The topological polar surface area (TPSA) is 65.1 Å². The van der Waals surface area contributed by atoms with Crippen LogP contribution < -0.4 is 5.43 Å². The van der Waals surface area contributed by atoms with Gasteiger partial charge in [0.15, 0.2) is 0 Å². The molecule has 0 spiro atoms. The molecule has 18 heavy (non-hydrogen) atoms. The fourth-order valence-electron chi connectivity index (χ4n) is 1.74. The lowest BCUT2D eigenvalue weighted by Crippen LogP contribution is -2.17. The first-order valence-corrected chi connectivity index (χ1v) is 7.51. The number of halogens is 2. The van der Waals surface area contributed by atoms with Crippen molar-refractivity contribution in [1.82, 2.24) is 4.57 Å². The van der Waals surface area contributed by atoms with Crippen molar-refractivity contribution in [2.24, 2.45) is 5.92 Å². The monoisotopic (exact) mass is 380 g/mol. The van der Waals surface area contributed by atoms with Crippen molar-refractivity contribution < 1.29 is 4.92 Å². The Bertz CT molecular complexity index is 488. The average Bonchev–Trinajstić information content (AvgIpc) is 2.32. The van der Waals surface area contributed by atoms with Crippen LogP contribution >= 0.6 is 31.9 Å². The molecule has 0 N–H and O–H groups in total. The van der Waals surface area contributed by atoms with E-state index in [1.54, 1.807) is 10.8 Å². The highest BCUT2D eigenvalue weighted by molar-refractivity contribution is 9.10. The van der Waals surface area contributed by atoms with Gasteiger partial charge in [-0.3, -0.25) is 14.9 Å². The quantitative estimate of drug-likeness (QED) is 0.431. The van der Waals surface area contributed by atoms with Crippen LogP contribution in [0.3, 0.4) is 0 Å². The van der Waals surface area contributed by atoms with Crippen LogP contribution in [0.1, 0.15) is 19.8 Å². The maximum absolute atomic E-state index is 11.5. The van der Waals surface area contributed by atoms with Gasteiger partial charge in [0.05, 0.1) is 15.6 Å². The number of pyridine rings is 1. The van der Waals surface area contributed by atoms with Crippen molar-refractivity contribution in [3.05, 3.63) is 37.2 Å². The predicted molar refractivity (Wildman–Crippen MR) is 77.2 cm³/mol. The molecular weight excluding hydrogens is 368 g/mol. The van der Waals surface area contributed by atoms with Crippen LogP contribution in [-0.2, 0) is 6.54 Å². The minimum Gasteiger partial charge on any atom is -0.347 e. The zero-order valence-electron chi connectivity index (χ0n) is 9.94. The van der Waals surface area contributed by atoms with Crippen molar-refractivity contribution >= 4 is 37.5 Å². The van der Waals surface area contributed by atoms with E-state index in [2.05, 4.69) is 38.8 Å². The standard InChI is InChI=1S/C11H14Br2N2O3/c1-2-3-8(4-12)5-14-6-9(13)11(16)10(7-14)15(17)18/h6-8H,2-5H2,1H3. The van der Waals surface area contributed by atoms with Gasteiger partial charge in [-0.1, -0.05) is 29.3 Å². The number of aromatic nitrogens is 1. The number of alkyl halides is 1. The number of hydrogen-bond donors (Lipinski definition) is 0. The number of hydrogen-bond acceptors (Lipinski definition) is 3. The fraction of sp³-hybridized carbons (Fsp3) is 0.545. The maximum atomic E-state index is 11.5. The summed E-state index contributed by atoms with van der Waals surface area (Å²) in [5.41, 5.74) is -0.976. The lowest BCUT2D eigenvalue weighted by atomic mass is 10.1. The number of nitro groups is 1. The van der Waals surface area contributed by atoms with Crippen LogP contribution in [0.15, 0.2) is 21.7 Å². The third-order valence-corrected chi connectivity index (χ3v) is 4.08. The molecule has 100 valence electrons. The van der Waals surface area contributed by atoms with Crippen LogP contribution in [0.5, 0.6) is 0 Å². The summed E-state index contributed by atoms with van der Waals surface area (Å²) in [5.74, 6) is 0.393. The lowest BCUT2D eigenvalue weighted by Gasteiger charge is -2.15. The van der Waals surface area contributed by atoms with E-state index in [0.717, 1.165) is 18.2 Å². The Balaban J connectivity index is 3.03. The second-order valence-corrected chi connectivity index (χ2v) is 5.59. The Kier molecular flexibility index (Phi) is 6.01. The van der Waals surface area contributed by atoms with Gasteiger partial charge in [0.2, 0.25) is 0 Å². The third-order valence-electron chi connectivity index (χ3n) is 2.60. The minimum atomic E-state index is -0.646. The van der Waals surface area contributed by atoms with Gasteiger partial charge in [0, 0.05) is 18.1 Å². The van der Waals surface area contributed by atoms with E-state index >= 15 is 0 Å². The summed E-state index contributed by atoms with van der Waals surface area (Å²) >= 11 is 6.50. The molecule has 0 aliphatic rings. The molecule has 0 bridgehead atoms. The van der Waals surface area contributed by atoms with Gasteiger partial charge in [-0.05, 0) is 28.3 Å². The van der Waals surface area contributed by atoms with Crippen LogP contribution in [0.2, 0.25) is 0 Å². The van der Waals surface area contributed by atoms with Crippen LogP contribution in [-0.4, -0.2) is 14.8 Å². The maximum Gasteiger partial charge on any atom is 0.333 e. The molecule has 1 aromatic rings. The second-order valence-electron chi connectivity index (χ2n) is 4.08. The SMILES string of the molecule is CCCC(CBr)Cn1cc(Br)c(=O)c([N+](=O)[O-])c1. The highest BCUT2D eigenvalue weighted by atomic mass is 79.9. The van der Waals surface area contributed by atoms with Gasteiger partial charge < -0.3 is 4.57 Å². The van der Waals surface area contributed by atoms with E-state index in [4.69, 9.17) is 0 Å². The predicted octanol–water partition coefficient (Wildman–Crippen LogP) is 3.33. The molecule has 0 saturated heterocycles. The Hall–Kier alpha value is -0.690. The summed E-state index contributed by atoms with van der Waals surface area (Å²) in [5, 5.41) is 11.6. The summed E-state index contributed by atoms with van der Waals surface area (Å²) in [6.45, 7) is 2.75. The van der Waals surface area contributed by atoms with Gasteiger partial charge in [-0.2, -0.15) is 0 Å². The van der Waals surface area contributed by atoms with Crippen molar-refractivity contribution in [3.8, 4) is 0 Å². The molecule has 5 nitrogen and oxygen atoms in total. The zero-order valence-corrected chi connectivity index (χ0v) is 13.1. The van der Waals surface area contributed by atoms with E-state index < -0.39 is 16.0 Å². The summed E-state index contributed by atoms with van der Waals surface area (Å²) in [7, 11) is 0. The molecule has 0 aliphatic carbocycles. The van der Waals surface area contributed by atoms with E-state index in [-0.39, 0.29) is 4.47 Å². The molecule has 1 rings (SSSR count). The first kappa shape index (κ1) is 15.4. The molecule has 7 heteroatoms. The Morgan fingerprint density at radius 3 is 2.67 bits per heavy atom. The van der Waals surface area contributed by atoms with E-state index in [1.165, 1.54) is 6.20 Å². The summed E-state index contributed by atoms with van der Waals surface area (Å²) < 4.78 is 1.92. The molecular formula is C11H14Br2N2O3. The van der Waals surface area contributed by atoms with Crippen molar-refractivity contribution in [1.29, 1.82) is 0 Å². The summed E-state index contributed by atoms with van der Waals surface area (Å²) in [4.78, 5) is 21.7. The van der Waals surface area contributed by atoms with E-state index in [0.29, 0.717) is 12.5 Å². The first-order chi connectivity index (χ1) is 8.49. The molecule has 0 saturated carbocycles. The zero-order chi connectivity index (χ0) is 13.7. The highest BCUT2D eigenvalue weighted by Gasteiger charge is 2.17. The molecule has 1 aromatic heterocycles. The fourth-order valence-corrected chi connectivity index (χ4v) is 2.73. The molecule has 0 radical (unpaired) electrons. The first-order valence-electron chi connectivity index (χ1n) is 5.59. The van der Waals surface area contributed by atoms with Crippen molar-refractivity contribution in [2.45, 2.75) is 26.3 Å². The number of nitrogens with zero attached hydrogens (tertiary/aromatic N) is 2. The molecule has 1 unspecified atom stereocenters. The third kappa shape index (κ3) is 3.91. The van der Waals surface area contributed by atoms with Gasteiger partial charge in [0.25, 0.3) is 5.43 Å². The molecule has 0 amide bonds. The Morgan fingerprint density at radius 2 is 2.17 bits per heavy atom. The van der Waals surface area contributed by atoms with Gasteiger partial charge in [-0.25, -0.2) is 0 Å². The minimum absolute atomic E-state index is 0.224. The highest BCUT2D eigenvalue weighted by Crippen LogP contribution is 2.16. The largest absolute Gasteiger partial charge is 0.347 e. The molecule has 0 fully saturated rings. The summed E-state index contributed by atoms with van der Waals surface area (Å²) in [6.07, 6.45) is 4.99. The smallest absolute Gasteiger partial charge is 0.333 e. The summed E-state index contributed by atoms with van der Waals surface area (Å²) in [6, 6.07) is 0. The van der Waals surface area contributed by atoms with Gasteiger partial charge in [-0.15, -0.1) is 0 Å². The lowest BCUT2D eigenvalue weighted by molar-refractivity contribution is -0.386. The molecule has 1 atom stereocenters. The molecule has 0 aliphatic heterocycles. The van der Waals surface area contributed by atoms with Crippen LogP contribution in [0, 0.1) is 16.0 Å². The molecule has 1 heterocycles. The van der Waals surface area contributed by atoms with Gasteiger partial charge in [0.1, 0.15) is 0 Å². The van der Waals surface area contributed by atoms with Gasteiger partial charge >= 0.3 is 5.69 Å². The Labute approximate surface area is 122 Å². The second kappa shape index (κ2) is 7.04.